The number of nitrogens with one attached hydrogen (secondary N) is 2. The molecule has 5 nitrogen and oxygen atoms in total. The van der Waals surface area contributed by atoms with E-state index in [-0.39, 0.29) is 0 Å². The number of H-pyrrole nitrogens is 1. The standard InChI is InChI=1S/C25H19BrN4O/c26-19-9-10-20-21(11-12-27-23(20)13-19)30-29-15-18-14-28-22-7-4-8-24(25(18)22)31-16-17-5-2-1-3-6-17/h1-15,28H,16H2,(H,27,30). The molecule has 0 amide bonds. The molecule has 0 saturated carbocycles. The van der Waals surface area contributed by atoms with E-state index >= 15 is 0 Å². The van der Waals surface area contributed by atoms with Crippen LogP contribution >= 0.6 is 15.9 Å². The number of hydrogen-bond donors (Lipinski definition) is 2. The van der Waals surface area contributed by atoms with E-state index in [1.165, 1.54) is 0 Å². The Kier molecular flexibility index (Phi) is 5.37. The highest BCUT2D eigenvalue weighted by Gasteiger charge is 2.09. The van der Waals surface area contributed by atoms with Crippen molar-refractivity contribution in [2.24, 2.45) is 5.10 Å². The second-order valence-corrected chi connectivity index (χ2v) is 8.00. The number of benzene rings is 3. The Morgan fingerprint density at radius 2 is 1.94 bits per heavy atom. The number of aromatic amines is 1. The van der Waals surface area contributed by atoms with Crippen LogP contribution in [0.2, 0.25) is 0 Å². The normalized spacial score (nSPS) is 11.4. The summed E-state index contributed by atoms with van der Waals surface area (Å²) in [5.74, 6) is 0.822. The van der Waals surface area contributed by atoms with Gasteiger partial charge in [0.1, 0.15) is 12.4 Å². The highest BCUT2D eigenvalue weighted by Crippen LogP contribution is 2.29. The molecule has 0 aliphatic rings. The van der Waals surface area contributed by atoms with Gasteiger partial charge in [-0.3, -0.25) is 10.4 Å². The minimum absolute atomic E-state index is 0.512. The molecular formula is C25H19BrN4O. The Labute approximate surface area is 187 Å². The summed E-state index contributed by atoms with van der Waals surface area (Å²) in [6, 6.07) is 24.1. The number of fused-ring (bicyclic) bond motifs is 2. The van der Waals surface area contributed by atoms with Gasteiger partial charge >= 0.3 is 0 Å². The van der Waals surface area contributed by atoms with Crippen LogP contribution in [0.3, 0.4) is 0 Å². The molecule has 5 aromatic rings. The highest BCUT2D eigenvalue weighted by atomic mass is 79.9. The lowest BCUT2D eigenvalue weighted by atomic mass is 10.1. The number of hydrazone groups is 1. The largest absolute Gasteiger partial charge is 0.488 e. The summed E-state index contributed by atoms with van der Waals surface area (Å²) < 4.78 is 7.12. The van der Waals surface area contributed by atoms with Gasteiger partial charge in [0.05, 0.1) is 22.8 Å². The van der Waals surface area contributed by atoms with E-state index in [0.717, 1.165) is 48.8 Å². The molecule has 5 rings (SSSR count). The number of anilines is 1. The van der Waals surface area contributed by atoms with E-state index in [0.29, 0.717) is 6.61 Å². The van der Waals surface area contributed by atoms with Gasteiger partial charge in [-0.2, -0.15) is 5.10 Å². The van der Waals surface area contributed by atoms with E-state index in [1.807, 2.05) is 66.9 Å². The maximum absolute atomic E-state index is 6.12. The Bertz CT molecular complexity index is 1380. The van der Waals surface area contributed by atoms with E-state index in [2.05, 4.69) is 48.6 Å². The third-order valence-electron chi connectivity index (χ3n) is 5.03. The number of hydrogen-bond acceptors (Lipinski definition) is 4. The molecule has 31 heavy (non-hydrogen) atoms. The minimum atomic E-state index is 0.512. The molecule has 0 fully saturated rings. The van der Waals surface area contributed by atoms with Crippen LogP contribution in [0.5, 0.6) is 5.75 Å². The first-order valence-electron chi connectivity index (χ1n) is 9.88. The summed E-state index contributed by atoms with van der Waals surface area (Å²) in [6.07, 6.45) is 5.51. The summed E-state index contributed by atoms with van der Waals surface area (Å²) in [5, 5.41) is 6.49. The average Bonchev–Trinajstić information content (AvgIpc) is 3.22. The molecule has 0 saturated heterocycles. The van der Waals surface area contributed by atoms with Gasteiger partial charge in [0.2, 0.25) is 0 Å². The number of ether oxygens (including phenoxy) is 1. The fourth-order valence-electron chi connectivity index (χ4n) is 3.52. The van der Waals surface area contributed by atoms with E-state index in [1.54, 1.807) is 12.4 Å². The average molecular weight is 471 g/mol. The molecule has 3 aromatic carbocycles. The topological polar surface area (TPSA) is 62.3 Å². The predicted molar refractivity (Wildman–Crippen MR) is 130 cm³/mol. The molecule has 0 spiro atoms. The molecule has 2 heterocycles. The third kappa shape index (κ3) is 4.15. The first kappa shape index (κ1) is 19.3. The number of rotatable bonds is 6. The summed E-state index contributed by atoms with van der Waals surface area (Å²) in [7, 11) is 0. The van der Waals surface area contributed by atoms with Crippen molar-refractivity contribution >= 4 is 49.6 Å². The van der Waals surface area contributed by atoms with Crippen LogP contribution in [0.15, 0.2) is 94.8 Å². The van der Waals surface area contributed by atoms with Gasteiger partial charge in [-0.25, -0.2) is 0 Å². The van der Waals surface area contributed by atoms with Gasteiger partial charge in [-0.15, -0.1) is 0 Å². The van der Waals surface area contributed by atoms with Gasteiger partial charge in [-0.1, -0.05) is 52.3 Å². The van der Waals surface area contributed by atoms with Crippen molar-refractivity contribution in [3.63, 3.8) is 0 Å². The van der Waals surface area contributed by atoms with E-state index < -0.39 is 0 Å². The molecule has 0 unspecified atom stereocenters. The van der Waals surface area contributed by atoms with Crippen LogP contribution in [-0.2, 0) is 6.61 Å². The zero-order valence-corrected chi connectivity index (χ0v) is 18.1. The number of halogens is 1. The minimum Gasteiger partial charge on any atom is -0.488 e. The molecule has 0 bridgehead atoms. The van der Waals surface area contributed by atoms with Crippen molar-refractivity contribution in [2.75, 3.05) is 5.43 Å². The molecule has 2 aromatic heterocycles. The molecule has 0 radical (unpaired) electrons. The van der Waals surface area contributed by atoms with Crippen LogP contribution in [-0.4, -0.2) is 16.2 Å². The van der Waals surface area contributed by atoms with Crippen molar-refractivity contribution in [1.82, 2.24) is 9.97 Å². The predicted octanol–water partition coefficient (Wildman–Crippen LogP) is 6.50. The Morgan fingerprint density at radius 1 is 1.03 bits per heavy atom. The summed E-state index contributed by atoms with van der Waals surface area (Å²) in [6.45, 7) is 0.512. The van der Waals surface area contributed by atoms with Gasteiger partial charge in [0.15, 0.2) is 0 Å². The zero-order chi connectivity index (χ0) is 21.0. The fourth-order valence-corrected chi connectivity index (χ4v) is 3.87. The summed E-state index contributed by atoms with van der Waals surface area (Å²) in [5.41, 5.74) is 8.03. The van der Waals surface area contributed by atoms with E-state index in [4.69, 9.17) is 4.74 Å². The molecule has 0 atom stereocenters. The maximum Gasteiger partial charge on any atom is 0.129 e. The third-order valence-corrected chi connectivity index (χ3v) is 5.52. The number of pyridine rings is 1. The van der Waals surface area contributed by atoms with Gasteiger partial charge in [0.25, 0.3) is 0 Å². The Morgan fingerprint density at radius 3 is 2.84 bits per heavy atom. The smallest absolute Gasteiger partial charge is 0.129 e. The molecule has 2 N–H and O–H groups in total. The Hall–Kier alpha value is -3.64. The first-order valence-corrected chi connectivity index (χ1v) is 10.7. The van der Waals surface area contributed by atoms with Crippen LogP contribution in [0.4, 0.5) is 5.69 Å². The van der Waals surface area contributed by atoms with Gasteiger partial charge < -0.3 is 9.72 Å². The lowest BCUT2D eigenvalue weighted by Crippen LogP contribution is -1.96. The van der Waals surface area contributed by atoms with Crippen LogP contribution in [0.25, 0.3) is 21.8 Å². The van der Waals surface area contributed by atoms with Crippen molar-refractivity contribution in [1.29, 1.82) is 0 Å². The molecular weight excluding hydrogens is 452 g/mol. The van der Waals surface area contributed by atoms with Gasteiger partial charge in [0, 0.05) is 33.3 Å². The molecule has 152 valence electrons. The SMILES string of the molecule is Brc1ccc2c(NN=Cc3c[nH]c4cccc(OCc5ccccc5)c34)ccnc2c1. The molecule has 6 heteroatoms. The highest BCUT2D eigenvalue weighted by molar-refractivity contribution is 9.10. The second-order valence-electron chi connectivity index (χ2n) is 7.09. The summed E-state index contributed by atoms with van der Waals surface area (Å²) >= 11 is 3.49. The quantitative estimate of drug-likeness (QED) is 0.219. The lowest BCUT2D eigenvalue weighted by molar-refractivity contribution is 0.310. The number of nitrogens with zero attached hydrogens (tertiary/aromatic N) is 2. The zero-order valence-electron chi connectivity index (χ0n) is 16.5. The van der Waals surface area contributed by atoms with E-state index in [9.17, 15) is 0 Å². The van der Waals surface area contributed by atoms with Crippen molar-refractivity contribution in [3.8, 4) is 5.75 Å². The summed E-state index contributed by atoms with van der Waals surface area (Å²) in [4.78, 5) is 7.71. The monoisotopic (exact) mass is 470 g/mol. The van der Waals surface area contributed by atoms with Crippen LogP contribution in [0.1, 0.15) is 11.1 Å². The van der Waals surface area contributed by atoms with Crippen molar-refractivity contribution in [2.45, 2.75) is 6.61 Å². The Balaban J connectivity index is 1.40. The number of aromatic nitrogens is 2. The molecule has 0 aliphatic carbocycles. The fraction of sp³-hybridized carbons (Fsp3) is 0.0400. The second kappa shape index (κ2) is 8.62. The lowest BCUT2D eigenvalue weighted by Gasteiger charge is -2.08. The van der Waals surface area contributed by atoms with Crippen LogP contribution in [0, 0.1) is 0 Å². The van der Waals surface area contributed by atoms with Crippen molar-refractivity contribution in [3.05, 3.63) is 101 Å². The maximum atomic E-state index is 6.12. The van der Waals surface area contributed by atoms with Gasteiger partial charge in [-0.05, 0) is 42.0 Å². The van der Waals surface area contributed by atoms with Crippen molar-refractivity contribution < 1.29 is 4.74 Å². The van der Waals surface area contributed by atoms with Crippen LogP contribution < -0.4 is 10.2 Å². The molecule has 0 aliphatic heterocycles. The first-order chi connectivity index (χ1) is 15.3.